The van der Waals surface area contributed by atoms with Gasteiger partial charge in [-0.1, -0.05) is 33.6 Å². The molecule has 86 valence electrons. The normalized spacial score (nSPS) is 15.8. The summed E-state index contributed by atoms with van der Waals surface area (Å²) in [5.74, 6) is 2.24. The number of unbranched alkanes of at least 4 members (excludes halogenated alkanes) is 2. The molecule has 3 heteroatoms. The van der Waals surface area contributed by atoms with E-state index in [4.69, 9.17) is 0 Å². The summed E-state index contributed by atoms with van der Waals surface area (Å²) in [5, 5.41) is 3.23. The van der Waals surface area contributed by atoms with Gasteiger partial charge in [0.25, 0.3) is 0 Å². The summed E-state index contributed by atoms with van der Waals surface area (Å²) in [4.78, 5) is 0. The van der Waals surface area contributed by atoms with Crippen molar-refractivity contribution in [1.29, 1.82) is 0 Å². The lowest BCUT2D eigenvalue weighted by Gasteiger charge is -2.19. The highest BCUT2D eigenvalue weighted by atomic mass is 32.2. The fourth-order valence-electron chi connectivity index (χ4n) is 1.41. The summed E-state index contributed by atoms with van der Waals surface area (Å²) in [7, 11) is 1.32. The van der Waals surface area contributed by atoms with Gasteiger partial charge in [-0.05, 0) is 19.4 Å². The minimum Gasteiger partial charge on any atom is -0.316 e. The molecule has 0 aromatic carbocycles. The predicted octanol–water partition coefficient (Wildman–Crippen LogP) is 2.17. The molecule has 0 aliphatic carbocycles. The Morgan fingerprint density at radius 1 is 1.29 bits per heavy atom. The van der Waals surface area contributed by atoms with E-state index in [-0.39, 0.29) is 0 Å². The van der Waals surface area contributed by atoms with Gasteiger partial charge in [-0.2, -0.15) is 0 Å². The SMILES string of the molecule is CCCCCS(=O)CC(NC)C(C)C. The van der Waals surface area contributed by atoms with Gasteiger partial charge >= 0.3 is 0 Å². The average molecular weight is 219 g/mol. The van der Waals surface area contributed by atoms with Crippen LogP contribution in [0.15, 0.2) is 0 Å². The number of hydrogen-bond donors (Lipinski definition) is 1. The highest BCUT2D eigenvalue weighted by Gasteiger charge is 2.13. The molecule has 0 aromatic heterocycles. The van der Waals surface area contributed by atoms with Crippen molar-refractivity contribution in [3.63, 3.8) is 0 Å². The van der Waals surface area contributed by atoms with Gasteiger partial charge in [0.1, 0.15) is 0 Å². The fourth-order valence-corrected chi connectivity index (χ4v) is 3.05. The molecular weight excluding hydrogens is 194 g/mol. The minimum absolute atomic E-state index is 0.400. The molecule has 2 atom stereocenters. The predicted molar refractivity (Wildman–Crippen MR) is 65.1 cm³/mol. The molecule has 1 N–H and O–H groups in total. The van der Waals surface area contributed by atoms with E-state index in [1.807, 2.05) is 7.05 Å². The first-order valence-corrected chi connectivity index (χ1v) is 7.12. The maximum absolute atomic E-state index is 11.7. The van der Waals surface area contributed by atoms with Crippen molar-refractivity contribution in [3.05, 3.63) is 0 Å². The van der Waals surface area contributed by atoms with Crippen LogP contribution in [0.25, 0.3) is 0 Å². The highest BCUT2D eigenvalue weighted by molar-refractivity contribution is 7.85. The van der Waals surface area contributed by atoms with Crippen LogP contribution in [-0.4, -0.2) is 28.8 Å². The average Bonchev–Trinajstić information content (AvgIpc) is 2.14. The Balaban J connectivity index is 3.68. The smallest absolute Gasteiger partial charge is 0.0391 e. The fraction of sp³-hybridized carbons (Fsp3) is 1.00. The summed E-state index contributed by atoms with van der Waals surface area (Å²) in [5.41, 5.74) is 0. The zero-order valence-electron chi connectivity index (χ0n) is 10.0. The number of nitrogens with one attached hydrogen (secondary N) is 1. The van der Waals surface area contributed by atoms with Crippen LogP contribution >= 0.6 is 0 Å². The van der Waals surface area contributed by atoms with Crippen LogP contribution in [0, 0.1) is 5.92 Å². The lowest BCUT2D eigenvalue weighted by atomic mass is 10.1. The molecule has 0 aliphatic heterocycles. The monoisotopic (exact) mass is 219 g/mol. The third-order valence-electron chi connectivity index (χ3n) is 2.52. The van der Waals surface area contributed by atoms with Crippen molar-refractivity contribution in [2.24, 2.45) is 5.92 Å². The van der Waals surface area contributed by atoms with Crippen LogP contribution in [0.3, 0.4) is 0 Å². The van der Waals surface area contributed by atoms with Crippen molar-refractivity contribution >= 4 is 10.8 Å². The molecule has 0 saturated carbocycles. The van der Waals surface area contributed by atoms with Crippen molar-refractivity contribution in [1.82, 2.24) is 5.32 Å². The van der Waals surface area contributed by atoms with E-state index in [0.29, 0.717) is 12.0 Å². The maximum Gasteiger partial charge on any atom is 0.0391 e. The molecule has 0 aliphatic rings. The Morgan fingerprint density at radius 3 is 2.36 bits per heavy atom. The van der Waals surface area contributed by atoms with E-state index in [2.05, 4.69) is 26.1 Å². The zero-order chi connectivity index (χ0) is 11.0. The summed E-state index contributed by atoms with van der Waals surface area (Å²) in [6.45, 7) is 6.52. The molecule has 0 fully saturated rings. The van der Waals surface area contributed by atoms with E-state index in [9.17, 15) is 4.21 Å². The van der Waals surface area contributed by atoms with Crippen LogP contribution < -0.4 is 5.32 Å². The lowest BCUT2D eigenvalue weighted by Crippen LogP contribution is -2.36. The van der Waals surface area contributed by atoms with Gasteiger partial charge in [-0.3, -0.25) is 4.21 Å². The van der Waals surface area contributed by atoms with Gasteiger partial charge in [0.15, 0.2) is 0 Å². The van der Waals surface area contributed by atoms with Gasteiger partial charge in [0, 0.05) is 28.3 Å². The number of hydrogen-bond acceptors (Lipinski definition) is 2. The molecule has 14 heavy (non-hydrogen) atoms. The second kappa shape index (κ2) is 8.42. The summed E-state index contributed by atoms with van der Waals surface area (Å²) >= 11 is 0. The van der Waals surface area contributed by atoms with E-state index in [0.717, 1.165) is 17.9 Å². The van der Waals surface area contributed by atoms with Crippen LogP contribution in [0.5, 0.6) is 0 Å². The molecular formula is C11H25NOS. The lowest BCUT2D eigenvalue weighted by molar-refractivity contribution is 0.461. The third-order valence-corrected chi connectivity index (χ3v) is 3.99. The Kier molecular flexibility index (Phi) is 8.49. The van der Waals surface area contributed by atoms with Gasteiger partial charge < -0.3 is 5.32 Å². The van der Waals surface area contributed by atoms with Crippen molar-refractivity contribution in [3.8, 4) is 0 Å². The van der Waals surface area contributed by atoms with Crippen molar-refractivity contribution in [2.75, 3.05) is 18.6 Å². The first-order chi connectivity index (χ1) is 6.61. The first kappa shape index (κ1) is 14.1. The van der Waals surface area contributed by atoms with Gasteiger partial charge in [0.05, 0.1) is 0 Å². The van der Waals surface area contributed by atoms with Crippen molar-refractivity contribution in [2.45, 2.75) is 46.1 Å². The second-order valence-electron chi connectivity index (χ2n) is 4.16. The maximum atomic E-state index is 11.7. The van der Waals surface area contributed by atoms with Gasteiger partial charge in [-0.15, -0.1) is 0 Å². The highest BCUT2D eigenvalue weighted by Crippen LogP contribution is 2.04. The molecule has 0 rings (SSSR count). The zero-order valence-corrected chi connectivity index (χ0v) is 10.8. The summed E-state index contributed by atoms with van der Waals surface area (Å²) in [6.07, 6.45) is 3.52. The van der Waals surface area contributed by atoms with Crippen LogP contribution in [0.1, 0.15) is 40.0 Å². The molecule has 0 radical (unpaired) electrons. The molecule has 0 bridgehead atoms. The quantitative estimate of drug-likeness (QED) is 0.634. The number of rotatable bonds is 8. The molecule has 0 saturated heterocycles. The molecule has 0 spiro atoms. The standard InChI is InChI=1S/C11H25NOS/c1-5-6-7-8-14(13)9-11(12-4)10(2)3/h10-12H,5-9H2,1-4H3. The Morgan fingerprint density at radius 2 is 1.93 bits per heavy atom. The van der Waals surface area contributed by atoms with E-state index >= 15 is 0 Å². The topological polar surface area (TPSA) is 29.1 Å². The Labute approximate surface area is 91.3 Å². The Hall–Kier alpha value is 0.110. The van der Waals surface area contributed by atoms with Gasteiger partial charge in [-0.25, -0.2) is 0 Å². The summed E-state index contributed by atoms with van der Waals surface area (Å²) < 4.78 is 11.7. The largest absolute Gasteiger partial charge is 0.316 e. The molecule has 2 nitrogen and oxygen atoms in total. The van der Waals surface area contributed by atoms with Crippen LogP contribution in [0.2, 0.25) is 0 Å². The van der Waals surface area contributed by atoms with Crippen LogP contribution in [0.4, 0.5) is 0 Å². The van der Waals surface area contributed by atoms with E-state index in [1.165, 1.54) is 12.8 Å². The minimum atomic E-state index is -0.635. The van der Waals surface area contributed by atoms with Crippen molar-refractivity contribution < 1.29 is 4.21 Å². The Bertz CT molecular complexity index is 159. The van der Waals surface area contributed by atoms with E-state index < -0.39 is 10.8 Å². The summed E-state index contributed by atoms with van der Waals surface area (Å²) in [6, 6.07) is 0.400. The second-order valence-corrected chi connectivity index (χ2v) is 5.78. The van der Waals surface area contributed by atoms with Crippen LogP contribution in [-0.2, 0) is 10.8 Å². The molecule has 0 aromatic rings. The molecule has 0 amide bonds. The first-order valence-electron chi connectivity index (χ1n) is 5.64. The van der Waals surface area contributed by atoms with E-state index in [1.54, 1.807) is 0 Å². The third kappa shape index (κ3) is 6.55. The molecule has 2 unspecified atom stereocenters. The van der Waals surface area contributed by atoms with Gasteiger partial charge in [0.2, 0.25) is 0 Å². The molecule has 0 heterocycles.